The molecule has 0 N–H and O–H groups in total. The predicted molar refractivity (Wildman–Crippen MR) is 65.4 cm³/mol. The molecule has 4 nitrogen and oxygen atoms in total. The minimum Gasteiger partial charge on any atom is -0.458 e. The summed E-state index contributed by atoms with van der Waals surface area (Å²) in [4.78, 5) is 22.7. The molecule has 0 bridgehead atoms. The van der Waals surface area contributed by atoms with Crippen LogP contribution in [-0.4, -0.2) is 24.6 Å². The minimum absolute atomic E-state index is 0.0622. The van der Waals surface area contributed by atoms with Gasteiger partial charge < -0.3 is 9.47 Å². The molecular formula is C13H20O4. The maximum absolute atomic E-state index is 11.4. The van der Waals surface area contributed by atoms with Gasteiger partial charge in [0.2, 0.25) is 0 Å². The molecule has 0 saturated carbocycles. The van der Waals surface area contributed by atoms with E-state index < -0.39 is 12.1 Å². The van der Waals surface area contributed by atoms with E-state index in [4.69, 9.17) is 9.47 Å². The summed E-state index contributed by atoms with van der Waals surface area (Å²) >= 11 is 0. The molecule has 0 aromatic carbocycles. The van der Waals surface area contributed by atoms with Crippen LogP contribution in [0.2, 0.25) is 0 Å². The van der Waals surface area contributed by atoms with Crippen molar-refractivity contribution in [1.82, 2.24) is 0 Å². The van der Waals surface area contributed by atoms with Crippen molar-refractivity contribution in [1.29, 1.82) is 0 Å². The average Bonchev–Trinajstić information content (AvgIpc) is 2.33. The Morgan fingerprint density at radius 1 is 1.06 bits per heavy atom. The van der Waals surface area contributed by atoms with Gasteiger partial charge in [-0.1, -0.05) is 12.2 Å². The predicted octanol–water partition coefficient (Wildman–Crippen LogP) is 2.39. The lowest BCUT2D eigenvalue weighted by Crippen LogP contribution is -2.23. The summed E-state index contributed by atoms with van der Waals surface area (Å²) in [5, 5.41) is 0. The van der Waals surface area contributed by atoms with E-state index in [2.05, 4.69) is 0 Å². The van der Waals surface area contributed by atoms with Crippen LogP contribution in [0, 0.1) is 0 Å². The largest absolute Gasteiger partial charge is 0.458 e. The van der Waals surface area contributed by atoms with Crippen LogP contribution >= 0.6 is 0 Å². The summed E-state index contributed by atoms with van der Waals surface area (Å²) in [5.41, 5.74) is 1.07. The highest BCUT2D eigenvalue weighted by atomic mass is 16.6. The Kier molecular flexibility index (Phi) is 6.94. The highest BCUT2D eigenvalue weighted by molar-refractivity contribution is 5.88. The van der Waals surface area contributed by atoms with Gasteiger partial charge in [0.25, 0.3) is 0 Å². The van der Waals surface area contributed by atoms with Gasteiger partial charge in [0.15, 0.2) is 0 Å². The molecular weight excluding hydrogens is 220 g/mol. The van der Waals surface area contributed by atoms with E-state index in [-0.39, 0.29) is 12.6 Å². The molecule has 1 unspecified atom stereocenters. The standard InChI is InChI=1S/C13H20O4/c1-6-9(3)12(14)16-8-11(5)17-13(15)10(4)7-2/h6-7,11H,8H2,1-5H3. The molecule has 17 heavy (non-hydrogen) atoms. The third-order valence-electron chi connectivity index (χ3n) is 2.27. The van der Waals surface area contributed by atoms with Gasteiger partial charge in [0, 0.05) is 11.1 Å². The highest BCUT2D eigenvalue weighted by Gasteiger charge is 2.13. The Balaban J connectivity index is 4.09. The second-order valence-corrected chi connectivity index (χ2v) is 3.76. The SMILES string of the molecule is CC=C(C)C(=O)OCC(C)OC(=O)C(C)=CC. The number of rotatable bonds is 5. The van der Waals surface area contributed by atoms with Crippen LogP contribution in [0.5, 0.6) is 0 Å². The number of allylic oxidation sites excluding steroid dienone is 2. The number of hydrogen-bond donors (Lipinski definition) is 0. The van der Waals surface area contributed by atoms with Crippen molar-refractivity contribution < 1.29 is 19.1 Å². The van der Waals surface area contributed by atoms with Gasteiger partial charge >= 0.3 is 11.9 Å². The lowest BCUT2D eigenvalue weighted by molar-refractivity contribution is -0.152. The second kappa shape index (κ2) is 7.65. The number of esters is 2. The molecule has 0 saturated heterocycles. The molecule has 0 spiro atoms. The summed E-state index contributed by atoms with van der Waals surface area (Å²) in [6.07, 6.45) is 2.89. The molecule has 0 rings (SSSR count). The van der Waals surface area contributed by atoms with Gasteiger partial charge in [0.1, 0.15) is 12.7 Å². The van der Waals surface area contributed by atoms with Crippen LogP contribution in [0.1, 0.15) is 34.6 Å². The maximum atomic E-state index is 11.4. The number of carbonyl (C=O) groups excluding carboxylic acids is 2. The van der Waals surface area contributed by atoms with E-state index in [1.807, 2.05) is 0 Å². The van der Waals surface area contributed by atoms with E-state index in [0.717, 1.165) is 0 Å². The second-order valence-electron chi connectivity index (χ2n) is 3.76. The molecule has 0 heterocycles. The van der Waals surface area contributed by atoms with Gasteiger partial charge in [-0.15, -0.1) is 0 Å². The normalized spacial score (nSPS) is 14.2. The molecule has 0 fully saturated rings. The van der Waals surface area contributed by atoms with Gasteiger partial charge in [-0.05, 0) is 34.6 Å². The summed E-state index contributed by atoms with van der Waals surface area (Å²) in [7, 11) is 0. The number of carbonyl (C=O) groups is 2. The Morgan fingerprint density at radius 3 is 2.00 bits per heavy atom. The Morgan fingerprint density at radius 2 is 1.53 bits per heavy atom. The molecule has 1 atom stereocenters. The summed E-state index contributed by atoms with van der Waals surface area (Å²) in [5.74, 6) is -0.781. The first-order valence-corrected chi connectivity index (χ1v) is 5.56. The topological polar surface area (TPSA) is 52.6 Å². The van der Waals surface area contributed by atoms with Crippen molar-refractivity contribution in [2.24, 2.45) is 0 Å². The first-order valence-electron chi connectivity index (χ1n) is 5.56. The Hall–Kier alpha value is -1.58. The van der Waals surface area contributed by atoms with Crippen molar-refractivity contribution >= 4 is 11.9 Å². The van der Waals surface area contributed by atoms with E-state index >= 15 is 0 Å². The molecule has 0 radical (unpaired) electrons. The van der Waals surface area contributed by atoms with Crippen molar-refractivity contribution in [2.75, 3.05) is 6.61 Å². The van der Waals surface area contributed by atoms with Crippen LogP contribution in [0.25, 0.3) is 0 Å². The molecule has 0 aromatic rings. The van der Waals surface area contributed by atoms with Crippen molar-refractivity contribution in [2.45, 2.75) is 40.7 Å². The van der Waals surface area contributed by atoms with Gasteiger partial charge in [-0.2, -0.15) is 0 Å². The van der Waals surface area contributed by atoms with Crippen molar-refractivity contribution in [3.8, 4) is 0 Å². The average molecular weight is 240 g/mol. The van der Waals surface area contributed by atoms with Crippen molar-refractivity contribution in [3.05, 3.63) is 23.3 Å². The van der Waals surface area contributed by atoms with Crippen LogP contribution in [0.4, 0.5) is 0 Å². The van der Waals surface area contributed by atoms with Crippen LogP contribution in [-0.2, 0) is 19.1 Å². The fourth-order valence-corrected chi connectivity index (χ4v) is 0.852. The molecule has 0 aliphatic heterocycles. The minimum atomic E-state index is -0.453. The first kappa shape index (κ1) is 15.4. The highest BCUT2D eigenvalue weighted by Crippen LogP contribution is 2.03. The molecule has 96 valence electrons. The zero-order valence-electron chi connectivity index (χ0n) is 11.1. The Labute approximate surface area is 102 Å². The zero-order valence-corrected chi connectivity index (χ0v) is 11.1. The van der Waals surface area contributed by atoms with Gasteiger partial charge in [0.05, 0.1) is 0 Å². The van der Waals surface area contributed by atoms with E-state index in [1.165, 1.54) is 0 Å². The van der Waals surface area contributed by atoms with E-state index in [9.17, 15) is 9.59 Å². The lowest BCUT2D eigenvalue weighted by atomic mass is 10.3. The van der Waals surface area contributed by atoms with E-state index in [0.29, 0.717) is 11.1 Å². The summed E-state index contributed by atoms with van der Waals surface area (Å²) in [6, 6.07) is 0. The third-order valence-corrected chi connectivity index (χ3v) is 2.27. The molecule has 4 heteroatoms. The molecule has 0 aliphatic carbocycles. The summed E-state index contributed by atoms with van der Waals surface area (Å²) < 4.78 is 10.0. The fourth-order valence-electron chi connectivity index (χ4n) is 0.852. The Bertz CT molecular complexity index is 339. The number of ether oxygens (including phenoxy) is 2. The van der Waals surface area contributed by atoms with Crippen molar-refractivity contribution in [3.63, 3.8) is 0 Å². The van der Waals surface area contributed by atoms with Gasteiger partial charge in [-0.3, -0.25) is 0 Å². The van der Waals surface area contributed by atoms with Gasteiger partial charge in [-0.25, -0.2) is 9.59 Å². The van der Waals surface area contributed by atoms with Crippen LogP contribution < -0.4 is 0 Å². The zero-order chi connectivity index (χ0) is 13.4. The molecule has 0 amide bonds. The molecule has 0 aliphatic rings. The monoisotopic (exact) mass is 240 g/mol. The first-order chi connectivity index (χ1) is 7.92. The van der Waals surface area contributed by atoms with E-state index in [1.54, 1.807) is 46.8 Å². The number of hydrogen-bond acceptors (Lipinski definition) is 4. The third kappa shape index (κ3) is 5.90. The maximum Gasteiger partial charge on any atom is 0.333 e. The van der Waals surface area contributed by atoms with Crippen LogP contribution in [0.15, 0.2) is 23.3 Å². The quantitative estimate of drug-likeness (QED) is 0.547. The fraction of sp³-hybridized carbons (Fsp3) is 0.538. The summed E-state index contributed by atoms with van der Waals surface area (Å²) in [6.45, 7) is 8.60. The molecule has 0 aromatic heterocycles. The smallest absolute Gasteiger partial charge is 0.333 e. The van der Waals surface area contributed by atoms with Crippen LogP contribution in [0.3, 0.4) is 0 Å². The lowest BCUT2D eigenvalue weighted by Gasteiger charge is -2.13.